The Morgan fingerprint density at radius 1 is 1.33 bits per heavy atom. The van der Waals surface area contributed by atoms with Crippen LogP contribution in [0.4, 0.5) is 0 Å². The van der Waals surface area contributed by atoms with Crippen LogP contribution in [-0.4, -0.2) is 55.2 Å². The predicted octanol–water partition coefficient (Wildman–Crippen LogP) is 0.266. The van der Waals surface area contributed by atoms with Gasteiger partial charge in [0, 0.05) is 0 Å². The normalized spacial score (nSPS) is 21.9. The van der Waals surface area contributed by atoms with Crippen LogP contribution in [0.5, 0.6) is 0 Å². The van der Waals surface area contributed by atoms with Crippen LogP contribution in [0.2, 0.25) is 0 Å². The van der Waals surface area contributed by atoms with Crippen molar-refractivity contribution in [3.05, 3.63) is 0 Å². The largest absolute Gasteiger partial charge is 0.395 e. The van der Waals surface area contributed by atoms with Gasteiger partial charge in [0.2, 0.25) is 0 Å². The molecule has 0 amide bonds. The first-order valence-electron chi connectivity index (χ1n) is 5.34. The fourth-order valence-electron chi connectivity index (χ4n) is 1.84. The molecule has 0 aliphatic carbocycles. The van der Waals surface area contributed by atoms with Gasteiger partial charge >= 0.3 is 0 Å². The summed E-state index contributed by atoms with van der Waals surface area (Å²) in [5.74, 6) is 0. The minimum atomic E-state index is -3.21. The molecule has 0 bridgehead atoms. The molecule has 0 spiro atoms. The SMILES string of the molecule is CN1CCC(S(=O)(=O)C(C)(C)CO)CC1. The van der Waals surface area contributed by atoms with Crippen molar-refractivity contribution in [2.75, 3.05) is 26.7 Å². The Bertz CT molecular complexity index is 303. The highest BCUT2D eigenvalue weighted by atomic mass is 32.2. The minimum absolute atomic E-state index is 0.282. The molecule has 1 N–H and O–H groups in total. The van der Waals surface area contributed by atoms with E-state index in [0.717, 1.165) is 13.1 Å². The lowest BCUT2D eigenvalue weighted by Crippen LogP contribution is -2.46. The van der Waals surface area contributed by atoms with Crippen LogP contribution in [-0.2, 0) is 9.84 Å². The van der Waals surface area contributed by atoms with Crippen molar-refractivity contribution in [2.24, 2.45) is 0 Å². The third-order valence-electron chi connectivity index (χ3n) is 3.26. The molecule has 0 saturated carbocycles. The number of sulfone groups is 1. The second-order valence-corrected chi connectivity index (χ2v) is 7.83. The quantitative estimate of drug-likeness (QED) is 0.762. The lowest BCUT2D eigenvalue weighted by atomic mass is 10.1. The Hall–Kier alpha value is -0.130. The number of aliphatic hydroxyl groups is 1. The molecular weight excluding hydrogens is 214 g/mol. The lowest BCUT2D eigenvalue weighted by molar-refractivity contribution is 0.249. The molecule has 90 valence electrons. The van der Waals surface area contributed by atoms with E-state index in [1.807, 2.05) is 7.05 Å². The molecule has 1 fully saturated rings. The number of aliphatic hydroxyl groups excluding tert-OH is 1. The summed E-state index contributed by atoms with van der Waals surface area (Å²) in [6, 6.07) is 0. The van der Waals surface area contributed by atoms with Crippen LogP contribution < -0.4 is 0 Å². The highest BCUT2D eigenvalue weighted by Crippen LogP contribution is 2.27. The van der Waals surface area contributed by atoms with Crippen LogP contribution in [0.1, 0.15) is 26.7 Å². The van der Waals surface area contributed by atoms with E-state index in [-0.39, 0.29) is 11.9 Å². The summed E-state index contributed by atoms with van der Waals surface area (Å²) in [6.07, 6.45) is 1.37. The molecule has 0 atom stereocenters. The van der Waals surface area contributed by atoms with Gasteiger partial charge in [0.15, 0.2) is 9.84 Å². The van der Waals surface area contributed by atoms with Crippen molar-refractivity contribution < 1.29 is 13.5 Å². The van der Waals surface area contributed by atoms with Crippen LogP contribution in [0.15, 0.2) is 0 Å². The number of nitrogens with zero attached hydrogens (tertiary/aromatic N) is 1. The van der Waals surface area contributed by atoms with Crippen molar-refractivity contribution in [1.29, 1.82) is 0 Å². The van der Waals surface area contributed by atoms with Crippen LogP contribution >= 0.6 is 0 Å². The van der Waals surface area contributed by atoms with Gasteiger partial charge < -0.3 is 10.0 Å². The number of likely N-dealkylation sites (tertiary alicyclic amines) is 1. The number of rotatable bonds is 3. The average molecular weight is 235 g/mol. The number of hydrogen-bond donors (Lipinski definition) is 1. The van der Waals surface area contributed by atoms with E-state index in [9.17, 15) is 8.42 Å². The Labute approximate surface area is 92.2 Å². The monoisotopic (exact) mass is 235 g/mol. The summed E-state index contributed by atoms with van der Waals surface area (Å²) in [5.41, 5.74) is 0. The lowest BCUT2D eigenvalue weighted by Gasteiger charge is -2.33. The van der Waals surface area contributed by atoms with Gasteiger partial charge in [-0.1, -0.05) is 0 Å². The maximum atomic E-state index is 12.2. The highest BCUT2D eigenvalue weighted by molar-refractivity contribution is 7.93. The summed E-state index contributed by atoms with van der Waals surface area (Å²) < 4.78 is 23.3. The van der Waals surface area contributed by atoms with Gasteiger partial charge in [-0.3, -0.25) is 0 Å². The zero-order valence-corrected chi connectivity index (χ0v) is 10.5. The molecule has 0 radical (unpaired) electrons. The minimum Gasteiger partial charge on any atom is -0.395 e. The number of piperidine rings is 1. The van der Waals surface area contributed by atoms with Gasteiger partial charge in [-0.25, -0.2) is 8.42 Å². The summed E-state index contributed by atoms with van der Waals surface area (Å²) in [5, 5.41) is 8.84. The molecule has 5 heteroatoms. The van der Waals surface area contributed by atoms with Gasteiger partial charge in [0.1, 0.15) is 0 Å². The molecule has 0 aromatic rings. The fraction of sp³-hybridized carbons (Fsp3) is 1.00. The Balaban J connectivity index is 2.79. The molecule has 15 heavy (non-hydrogen) atoms. The average Bonchev–Trinajstić information content (AvgIpc) is 2.18. The molecule has 0 aromatic carbocycles. The van der Waals surface area contributed by atoms with E-state index in [1.165, 1.54) is 0 Å². The Morgan fingerprint density at radius 3 is 2.20 bits per heavy atom. The summed E-state index contributed by atoms with van der Waals surface area (Å²) in [6.45, 7) is 4.54. The Morgan fingerprint density at radius 2 is 1.80 bits per heavy atom. The summed E-state index contributed by atoms with van der Waals surface area (Å²) in [7, 11) is -1.21. The van der Waals surface area contributed by atoms with Crippen molar-refractivity contribution in [2.45, 2.75) is 36.7 Å². The second kappa shape index (κ2) is 4.39. The first kappa shape index (κ1) is 12.9. The van der Waals surface area contributed by atoms with E-state index < -0.39 is 14.6 Å². The van der Waals surface area contributed by atoms with Crippen LogP contribution in [0, 0.1) is 0 Å². The van der Waals surface area contributed by atoms with Gasteiger partial charge in [-0.2, -0.15) is 0 Å². The highest BCUT2D eigenvalue weighted by Gasteiger charge is 2.40. The molecule has 4 nitrogen and oxygen atoms in total. The zero-order valence-electron chi connectivity index (χ0n) is 9.73. The maximum Gasteiger partial charge on any atom is 0.160 e. The third kappa shape index (κ3) is 2.52. The molecule has 1 rings (SSSR count). The molecular formula is C10H21NO3S. The van der Waals surface area contributed by atoms with Crippen molar-refractivity contribution in [3.8, 4) is 0 Å². The van der Waals surface area contributed by atoms with E-state index in [1.54, 1.807) is 13.8 Å². The van der Waals surface area contributed by atoms with E-state index in [0.29, 0.717) is 12.8 Å². The standard InChI is InChI=1S/C10H21NO3S/c1-10(2,8-12)15(13,14)9-4-6-11(3)7-5-9/h9,12H,4-8H2,1-3H3. The van der Waals surface area contributed by atoms with E-state index >= 15 is 0 Å². The molecule has 1 saturated heterocycles. The maximum absolute atomic E-state index is 12.2. The van der Waals surface area contributed by atoms with Crippen molar-refractivity contribution in [1.82, 2.24) is 4.90 Å². The third-order valence-corrected chi connectivity index (χ3v) is 6.27. The predicted molar refractivity (Wildman–Crippen MR) is 60.6 cm³/mol. The van der Waals surface area contributed by atoms with Crippen LogP contribution in [0.25, 0.3) is 0 Å². The smallest absolute Gasteiger partial charge is 0.160 e. The zero-order chi connectivity index (χ0) is 11.7. The first-order chi connectivity index (χ1) is 6.81. The van der Waals surface area contributed by atoms with E-state index in [2.05, 4.69) is 4.90 Å². The molecule has 1 aliphatic heterocycles. The van der Waals surface area contributed by atoms with Crippen molar-refractivity contribution in [3.63, 3.8) is 0 Å². The second-order valence-electron chi connectivity index (χ2n) is 4.97. The molecule has 0 aromatic heterocycles. The topological polar surface area (TPSA) is 57.6 Å². The summed E-state index contributed by atoms with van der Waals surface area (Å²) >= 11 is 0. The summed E-state index contributed by atoms with van der Waals surface area (Å²) in [4.78, 5) is 2.14. The van der Waals surface area contributed by atoms with Gasteiger partial charge in [-0.05, 0) is 46.8 Å². The van der Waals surface area contributed by atoms with Gasteiger partial charge in [-0.15, -0.1) is 0 Å². The van der Waals surface area contributed by atoms with Gasteiger partial charge in [0.25, 0.3) is 0 Å². The van der Waals surface area contributed by atoms with E-state index in [4.69, 9.17) is 5.11 Å². The Kier molecular flexibility index (Phi) is 3.79. The van der Waals surface area contributed by atoms with Crippen LogP contribution in [0.3, 0.4) is 0 Å². The molecule has 1 heterocycles. The fourth-order valence-corrected chi connectivity index (χ4v) is 3.75. The molecule has 1 aliphatic rings. The molecule has 0 unspecified atom stereocenters. The first-order valence-corrected chi connectivity index (χ1v) is 6.89. The number of hydrogen-bond acceptors (Lipinski definition) is 4. The van der Waals surface area contributed by atoms with Crippen molar-refractivity contribution >= 4 is 9.84 Å². The van der Waals surface area contributed by atoms with Gasteiger partial charge in [0.05, 0.1) is 16.6 Å².